The second kappa shape index (κ2) is 14.4. The van der Waals surface area contributed by atoms with E-state index in [2.05, 4.69) is 33.6 Å². The highest BCUT2D eigenvalue weighted by molar-refractivity contribution is 7.80. The number of carboxylic acids is 1. The Bertz CT molecular complexity index is 686. The zero-order valence-electron chi connectivity index (χ0n) is 17.9. The fourth-order valence-corrected chi connectivity index (χ4v) is 2.61. The summed E-state index contributed by atoms with van der Waals surface area (Å²) in [6.45, 7) is 2.64. The normalized spacial score (nSPS) is 16.4. The first-order chi connectivity index (χ1) is 14.8. The number of nitrogens with one attached hydrogen (secondary N) is 3. The van der Waals surface area contributed by atoms with E-state index in [0.717, 1.165) is 0 Å². The molecule has 0 saturated carbocycles. The van der Waals surface area contributed by atoms with Crippen LogP contribution in [-0.2, 0) is 19.2 Å². The van der Waals surface area contributed by atoms with Gasteiger partial charge in [0, 0.05) is 12.3 Å². The highest BCUT2D eigenvalue weighted by Crippen LogP contribution is 2.04. The molecule has 3 amide bonds. The zero-order valence-corrected chi connectivity index (χ0v) is 18.8. The number of rotatable bonds is 14. The lowest BCUT2D eigenvalue weighted by Crippen LogP contribution is -2.60. The Labute approximate surface area is 190 Å². The second-order valence-corrected chi connectivity index (χ2v) is 7.45. The van der Waals surface area contributed by atoms with Gasteiger partial charge in [-0.2, -0.15) is 12.6 Å². The van der Waals surface area contributed by atoms with Crippen molar-refractivity contribution >= 4 is 42.3 Å². The molecular weight excluding hydrogens is 446 g/mol. The topological polar surface area (TPSA) is 255 Å². The fraction of sp³-hybridized carbons (Fsp3) is 0.706. The molecule has 0 saturated heterocycles. The van der Waals surface area contributed by atoms with Gasteiger partial charge in [0.1, 0.15) is 24.2 Å². The van der Waals surface area contributed by atoms with Crippen LogP contribution in [0, 0.1) is 0 Å². The van der Waals surface area contributed by atoms with Gasteiger partial charge in [0.15, 0.2) is 5.96 Å². The van der Waals surface area contributed by atoms with Gasteiger partial charge in [-0.15, -0.1) is 0 Å². The zero-order chi connectivity index (χ0) is 25.0. The smallest absolute Gasteiger partial charge is 0.327 e. The molecule has 0 fully saturated rings. The Kier molecular flexibility index (Phi) is 13.3. The van der Waals surface area contributed by atoms with E-state index < -0.39 is 60.1 Å². The van der Waals surface area contributed by atoms with Gasteiger partial charge in [-0.3, -0.25) is 19.4 Å². The number of carboxylic acid groups (broad SMARTS) is 1. The molecule has 0 aliphatic heterocycles. The van der Waals surface area contributed by atoms with Gasteiger partial charge in [-0.1, -0.05) is 0 Å². The number of carbonyl (C=O) groups is 4. The maximum Gasteiger partial charge on any atom is 0.327 e. The minimum Gasteiger partial charge on any atom is -0.480 e. The number of nitrogens with two attached hydrogens (primary N) is 3. The molecule has 0 rings (SSSR count). The number of aliphatic hydroxyl groups is 2. The van der Waals surface area contributed by atoms with E-state index >= 15 is 0 Å². The third-order valence-corrected chi connectivity index (χ3v) is 4.63. The third-order valence-electron chi connectivity index (χ3n) is 4.26. The molecule has 12 N–H and O–H groups in total. The first-order valence-corrected chi connectivity index (χ1v) is 10.4. The number of guanidine groups is 1. The quantitative estimate of drug-likeness (QED) is 0.0495. The highest BCUT2D eigenvalue weighted by atomic mass is 32.1. The van der Waals surface area contributed by atoms with Crippen LogP contribution >= 0.6 is 12.6 Å². The average molecular weight is 480 g/mol. The molecule has 32 heavy (non-hydrogen) atoms. The SMILES string of the molecule is CC(O)C(N)C(=O)NC(C(=O)NC(CCCN=C(N)N)C(=O)NC(CS)C(=O)O)C(C)O. The van der Waals surface area contributed by atoms with E-state index in [1.54, 1.807) is 0 Å². The molecular formula is C17H33N7O7S. The lowest BCUT2D eigenvalue weighted by Gasteiger charge is -2.26. The van der Waals surface area contributed by atoms with Crippen molar-refractivity contribution in [3.63, 3.8) is 0 Å². The number of amides is 3. The van der Waals surface area contributed by atoms with Crippen LogP contribution in [0.4, 0.5) is 0 Å². The molecule has 15 heteroatoms. The largest absolute Gasteiger partial charge is 0.480 e. The third kappa shape index (κ3) is 10.6. The number of hydrogen-bond acceptors (Lipinski definition) is 9. The van der Waals surface area contributed by atoms with Gasteiger partial charge < -0.3 is 48.5 Å². The molecule has 184 valence electrons. The lowest BCUT2D eigenvalue weighted by atomic mass is 10.1. The summed E-state index contributed by atoms with van der Waals surface area (Å²) in [5.41, 5.74) is 16.0. The van der Waals surface area contributed by atoms with Crippen LogP contribution in [0.2, 0.25) is 0 Å². The van der Waals surface area contributed by atoms with Gasteiger partial charge in [0.2, 0.25) is 17.7 Å². The number of aliphatic carboxylic acids is 1. The monoisotopic (exact) mass is 479 g/mol. The van der Waals surface area contributed by atoms with E-state index in [1.165, 1.54) is 13.8 Å². The number of nitrogens with zero attached hydrogens (tertiary/aromatic N) is 1. The van der Waals surface area contributed by atoms with Crippen molar-refractivity contribution in [2.24, 2.45) is 22.2 Å². The van der Waals surface area contributed by atoms with Crippen molar-refractivity contribution in [1.82, 2.24) is 16.0 Å². The summed E-state index contributed by atoms with van der Waals surface area (Å²) >= 11 is 3.87. The van der Waals surface area contributed by atoms with Crippen molar-refractivity contribution in [3.05, 3.63) is 0 Å². The van der Waals surface area contributed by atoms with Gasteiger partial charge in [0.05, 0.1) is 12.2 Å². The summed E-state index contributed by atoms with van der Waals surface area (Å²) in [7, 11) is 0. The van der Waals surface area contributed by atoms with Crippen molar-refractivity contribution in [3.8, 4) is 0 Å². The number of carbonyl (C=O) groups excluding carboxylic acids is 3. The van der Waals surface area contributed by atoms with Gasteiger partial charge in [-0.05, 0) is 26.7 Å². The summed E-state index contributed by atoms with van der Waals surface area (Å²) in [6.07, 6.45) is -2.33. The van der Waals surface area contributed by atoms with Gasteiger partial charge in [-0.25, -0.2) is 4.79 Å². The standard InChI is InChI=1S/C17H33N7O7S/c1-7(25)11(18)14(28)24-12(8(2)26)15(29)22-9(4-3-5-21-17(19)20)13(27)23-10(6-32)16(30)31/h7-12,25-26,32H,3-6,18H2,1-2H3,(H,22,29)(H,23,27)(H,24,28)(H,30,31)(H4,19,20,21). The molecule has 6 atom stereocenters. The summed E-state index contributed by atoms with van der Waals surface area (Å²) in [4.78, 5) is 52.3. The molecule has 0 aromatic carbocycles. The van der Waals surface area contributed by atoms with Crippen LogP contribution in [0.15, 0.2) is 4.99 Å². The van der Waals surface area contributed by atoms with E-state index in [1.807, 2.05) is 0 Å². The molecule has 0 aromatic rings. The Morgan fingerprint density at radius 3 is 1.94 bits per heavy atom. The van der Waals surface area contributed by atoms with Crippen LogP contribution < -0.4 is 33.2 Å². The first-order valence-electron chi connectivity index (χ1n) is 9.73. The number of hydrogen-bond donors (Lipinski definition) is 10. The molecule has 0 aliphatic carbocycles. The predicted octanol–water partition coefficient (Wildman–Crippen LogP) is -4.40. The molecule has 6 unspecified atom stereocenters. The van der Waals surface area contributed by atoms with E-state index in [0.29, 0.717) is 0 Å². The average Bonchev–Trinajstić information content (AvgIpc) is 2.70. The predicted molar refractivity (Wildman–Crippen MR) is 119 cm³/mol. The summed E-state index contributed by atoms with van der Waals surface area (Å²) in [5, 5.41) is 35.3. The maximum atomic E-state index is 12.7. The molecule has 0 bridgehead atoms. The van der Waals surface area contributed by atoms with Crippen molar-refractivity contribution in [1.29, 1.82) is 0 Å². The van der Waals surface area contributed by atoms with Crippen LogP contribution in [0.5, 0.6) is 0 Å². The van der Waals surface area contributed by atoms with Crippen molar-refractivity contribution < 1.29 is 34.5 Å². The Balaban J connectivity index is 5.45. The Hall–Kier alpha value is -2.62. The summed E-state index contributed by atoms with van der Waals surface area (Å²) in [6, 6.07) is -5.39. The van der Waals surface area contributed by atoms with Gasteiger partial charge in [0.25, 0.3) is 0 Å². The van der Waals surface area contributed by atoms with Crippen molar-refractivity contribution in [2.45, 2.75) is 63.1 Å². The molecule has 0 radical (unpaired) electrons. The fourth-order valence-electron chi connectivity index (χ4n) is 2.37. The van der Waals surface area contributed by atoms with Crippen molar-refractivity contribution in [2.75, 3.05) is 12.3 Å². The summed E-state index contributed by atoms with van der Waals surface area (Å²) < 4.78 is 0. The van der Waals surface area contributed by atoms with Crippen LogP contribution in [0.1, 0.15) is 26.7 Å². The number of aliphatic imine (C=N–C) groups is 1. The van der Waals surface area contributed by atoms with E-state index in [9.17, 15) is 29.4 Å². The number of aliphatic hydroxyl groups excluding tert-OH is 2. The molecule has 0 heterocycles. The first kappa shape index (κ1) is 29.4. The number of thiol groups is 1. The van der Waals surface area contributed by atoms with Crippen LogP contribution in [0.25, 0.3) is 0 Å². The summed E-state index contributed by atoms with van der Waals surface area (Å²) in [5.74, 6) is -4.32. The molecule has 0 spiro atoms. The maximum absolute atomic E-state index is 12.7. The lowest BCUT2D eigenvalue weighted by molar-refractivity contribution is -0.141. The molecule has 14 nitrogen and oxygen atoms in total. The minimum absolute atomic E-state index is 0.0148. The van der Waals surface area contributed by atoms with Gasteiger partial charge >= 0.3 is 5.97 Å². The Morgan fingerprint density at radius 1 is 0.938 bits per heavy atom. The molecule has 0 aliphatic rings. The molecule has 0 aromatic heterocycles. The highest BCUT2D eigenvalue weighted by Gasteiger charge is 2.32. The minimum atomic E-state index is -1.50. The second-order valence-electron chi connectivity index (χ2n) is 7.09. The van der Waals surface area contributed by atoms with Crippen LogP contribution in [-0.4, -0.2) is 93.6 Å². The Morgan fingerprint density at radius 2 is 1.50 bits per heavy atom. The van der Waals surface area contributed by atoms with Crippen LogP contribution in [0.3, 0.4) is 0 Å². The van der Waals surface area contributed by atoms with E-state index in [4.69, 9.17) is 22.3 Å². The van der Waals surface area contributed by atoms with E-state index in [-0.39, 0.29) is 31.1 Å².